The normalized spacial score (nSPS) is 20.0. The standard InChI is InChI=1S/C20H22N8O/c21-20-23-17-15(4-1-5-16(17)29)19-24-18(25-28(19)20)12-3-2-8-26(10-12)14-9-22-27(11-14)13-6-7-13/h1,4-5,9,11-13,29H,2-3,6-8,10H2,(H2,21,23). The van der Waals surface area contributed by atoms with E-state index in [1.165, 1.54) is 18.5 Å². The second-order valence-electron chi connectivity index (χ2n) is 8.04. The van der Waals surface area contributed by atoms with Crippen molar-refractivity contribution in [3.8, 4) is 5.75 Å². The smallest absolute Gasteiger partial charge is 0.223 e. The number of phenolic OH excluding ortho intramolecular Hbond substituents is 1. The van der Waals surface area contributed by atoms with E-state index in [0.29, 0.717) is 17.2 Å². The fraction of sp³-hybridized carbons (Fsp3) is 0.400. The highest BCUT2D eigenvalue weighted by Crippen LogP contribution is 2.36. The molecule has 1 aromatic carbocycles. The molecule has 148 valence electrons. The second-order valence-corrected chi connectivity index (χ2v) is 8.04. The maximum absolute atomic E-state index is 10.1. The summed E-state index contributed by atoms with van der Waals surface area (Å²) in [6, 6.07) is 5.85. The van der Waals surface area contributed by atoms with Gasteiger partial charge in [-0.15, -0.1) is 5.10 Å². The number of rotatable bonds is 3. The number of phenols is 1. The lowest BCUT2D eigenvalue weighted by Crippen LogP contribution is -2.34. The molecule has 4 aromatic rings. The van der Waals surface area contributed by atoms with Gasteiger partial charge in [-0.25, -0.2) is 9.97 Å². The van der Waals surface area contributed by atoms with Crippen LogP contribution in [0.4, 0.5) is 11.6 Å². The Labute approximate surface area is 166 Å². The zero-order valence-corrected chi connectivity index (χ0v) is 15.9. The molecule has 9 heteroatoms. The van der Waals surface area contributed by atoms with Crippen molar-refractivity contribution in [3.05, 3.63) is 36.4 Å². The van der Waals surface area contributed by atoms with Crippen LogP contribution in [0.25, 0.3) is 16.6 Å². The fourth-order valence-electron chi connectivity index (χ4n) is 4.28. The Morgan fingerprint density at radius 2 is 2.03 bits per heavy atom. The van der Waals surface area contributed by atoms with Crippen LogP contribution in [0.5, 0.6) is 5.75 Å². The number of nitrogen functional groups attached to an aromatic ring is 1. The maximum Gasteiger partial charge on any atom is 0.223 e. The summed E-state index contributed by atoms with van der Waals surface area (Å²) >= 11 is 0. The topological polar surface area (TPSA) is 110 Å². The predicted molar refractivity (Wildman–Crippen MR) is 109 cm³/mol. The Balaban J connectivity index is 1.35. The number of benzene rings is 1. The summed E-state index contributed by atoms with van der Waals surface area (Å²) in [6.07, 6.45) is 8.69. The maximum atomic E-state index is 10.1. The minimum absolute atomic E-state index is 0.0952. The Morgan fingerprint density at radius 1 is 1.14 bits per heavy atom. The highest BCUT2D eigenvalue weighted by Gasteiger charge is 2.28. The molecule has 2 fully saturated rings. The molecule has 0 spiro atoms. The first-order chi connectivity index (χ1) is 14.2. The van der Waals surface area contributed by atoms with Crippen molar-refractivity contribution in [3.63, 3.8) is 0 Å². The van der Waals surface area contributed by atoms with Crippen molar-refractivity contribution in [2.45, 2.75) is 37.6 Å². The number of hydrogen-bond donors (Lipinski definition) is 2. The largest absolute Gasteiger partial charge is 0.506 e. The van der Waals surface area contributed by atoms with E-state index in [0.717, 1.165) is 37.1 Å². The molecule has 1 saturated heterocycles. The molecule has 2 aliphatic rings. The Kier molecular flexibility index (Phi) is 3.47. The van der Waals surface area contributed by atoms with E-state index in [9.17, 15) is 5.11 Å². The number of nitrogens with two attached hydrogens (primary N) is 1. The first-order valence-electron chi connectivity index (χ1n) is 10.1. The Hall–Kier alpha value is -3.36. The summed E-state index contributed by atoms with van der Waals surface area (Å²) in [6.45, 7) is 1.87. The predicted octanol–water partition coefficient (Wildman–Crippen LogP) is 2.48. The molecule has 6 rings (SSSR count). The summed E-state index contributed by atoms with van der Waals surface area (Å²) < 4.78 is 3.67. The SMILES string of the molecule is Nc1nc2c(O)cccc2c2nc(C3CCCN(c4cnn(C5CC5)c4)C3)nn12. The third-order valence-corrected chi connectivity index (χ3v) is 5.98. The van der Waals surface area contributed by atoms with Crippen LogP contribution in [-0.2, 0) is 0 Å². The van der Waals surface area contributed by atoms with Gasteiger partial charge >= 0.3 is 0 Å². The number of nitrogens with zero attached hydrogens (tertiary/aromatic N) is 7. The highest BCUT2D eigenvalue weighted by molar-refractivity contribution is 5.95. The molecule has 9 nitrogen and oxygen atoms in total. The lowest BCUT2D eigenvalue weighted by molar-refractivity contribution is 0.480. The summed E-state index contributed by atoms with van der Waals surface area (Å²) in [7, 11) is 0. The molecule has 3 aromatic heterocycles. The van der Waals surface area contributed by atoms with Crippen molar-refractivity contribution in [1.29, 1.82) is 0 Å². The van der Waals surface area contributed by atoms with Crippen molar-refractivity contribution >= 4 is 28.2 Å². The molecular weight excluding hydrogens is 368 g/mol. The van der Waals surface area contributed by atoms with E-state index in [1.807, 2.05) is 12.3 Å². The zero-order chi connectivity index (χ0) is 19.5. The Morgan fingerprint density at radius 3 is 2.90 bits per heavy atom. The summed E-state index contributed by atoms with van der Waals surface area (Å²) in [4.78, 5) is 11.5. The lowest BCUT2D eigenvalue weighted by Gasteiger charge is -2.32. The number of aromatic hydroxyl groups is 1. The molecular formula is C20H22N8O. The number of aromatic nitrogens is 6. The number of fused-ring (bicyclic) bond motifs is 3. The molecule has 0 amide bonds. The molecule has 1 atom stereocenters. The van der Waals surface area contributed by atoms with Gasteiger partial charge in [-0.1, -0.05) is 6.07 Å². The van der Waals surface area contributed by atoms with Gasteiger partial charge in [0.15, 0.2) is 11.5 Å². The van der Waals surface area contributed by atoms with E-state index >= 15 is 0 Å². The number of anilines is 2. The van der Waals surface area contributed by atoms with E-state index in [1.54, 1.807) is 16.6 Å². The lowest BCUT2D eigenvalue weighted by atomic mass is 9.97. The van der Waals surface area contributed by atoms with Gasteiger partial charge in [-0.05, 0) is 37.8 Å². The molecule has 1 aliphatic carbocycles. The average Bonchev–Trinajstić information content (AvgIpc) is 3.28. The summed E-state index contributed by atoms with van der Waals surface area (Å²) in [5.74, 6) is 1.30. The van der Waals surface area contributed by atoms with Crippen LogP contribution >= 0.6 is 0 Å². The second kappa shape index (κ2) is 6.07. The van der Waals surface area contributed by atoms with Gasteiger partial charge < -0.3 is 15.7 Å². The van der Waals surface area contributed by atoms with E-state index in [4.69, 9.17) is 10.7 Å². The highest BCUT2D eigenvalue weighted by atomic mass is 16.3. The number of piperidine rings is 1. The molecule has 29 heavy (non-hydrogen) atoms. The van der Waals surface area contributed by atoms with Crippen LogP contribution in [0.2, 0.25) is 0 Å². The van der Waals surface area contributed by atoms with Gasteiger partial charge in [0.1, 0.15) is 11.3 Å². The van der Waals surface area contributed by atoms with Crippen molar-refractivity contribution in [2.75, 3.05) is 23.7 Å². The first-order valence-corrected chi connectivity index (χ1v) is 10.1. The van der Waals surface area contributed by atoms with Crippen LogP contribution in [0.15, 0.2) is 30.6 Å². The average molecular weight is 390 g/mol. The zero-order valence-electron chi connectivity index (χ0n) is 15.9. The quantitative estimate of drug-likeness (QED) is 0.553. The Bertz CT molecular complexity index is 1220. The third kappa shape index (κ3) is 2.68. The van der Waals surface area contributed by atoms with Gasteiger partial charge in [-0.2, -0.15) is 9.61 Å². The van der Waals surface area contributed by atoms with Crippen molar-refractivity contribution < 1.29 is 5.11 Å². The summed E-state index contributed by atoms with van der Waals surface area (Å²) in [5.41, 5.74) is 8.36. The van der Waals surface area contributed by atoms with Crippen LogP contribution in [0, 0.1) is 0 Å². The number of hydrogen-bond acceptors (Lipinski definition) is 7. The van der Waals surface area contributed by atoms with Gasteiger partial charge in [0.2, 0.25) is 5.95 Å². The van der Waals surface area contributed by atoms with Crippen LogP contribution < -0.4 is 10.6 Å². The molecule has 4 heterocycles. The summed E-state index contributed by atoms with van der Waals surface area (Å²) in [5, 5.41) is 20.1. The van der Waals surface area contributed by atoms with Crippen LogP contribution in [-0.4, -0.2) is 47.6 Å². The van der Waals surface area contributed by atoms with Crippen molar-refractivity contribution in [1.82, 2.24) is 29.4 Å². The minimum Gasteiger partial charge on any atom is -0.506 e. The van der Waals surface area contributed by atoms with E-state index in [-0.39, 0.29) is 17.6 Å². The van der Waals surface area contributed by atoms with Crippen LogP contribution in [0.3, 0.4) is 0 Å². The van der Waals surface area contributed by atoms with Crippen molar-refractivity contribution in [2.24, 2.45) is 0 Å². The van der Waals surface area contributed by atoms with E-state index < -0.39 is 0 Å². The molecule has 0 bridgehead atoms. The van der Waals surface area contributed by atoms with Gasteiger partial charge in [-0.3, -0.25) is 4.68 Å². The van der Waals surface area contributed by atoms with Gasteiger partial charge in [0, 0.05) is 30.6 Å². The monoisotopic (exact) mass is 390 g/mol. The molecule has 0 radical (unpaired) electrons. The van der Waals surface area contributed by atoms with Crippen LogP contribution in [0.1, 0.15) is 43.5 Å². The minimum atomic E-state index is 0.0952. The molecule has 1 saturated carbocycles. The molecule has 1 aliphatic heterocycles. The molecule has 1 unspecified atom stereocenters. The third-order valence-electron chi connectivity index (χ3n) is 5.98. The number of para-hydroxylation sites is 1. The fourth-order valence-corrected chi connectivity index (χ4v) is 4.28. The van der Waals surface area contributed by atoms with Gasteiger partial charge in [0.25, 0.3) is 0 Å². The van der Waals surface area contributed by atoms with Gasteiger partial charge in [0.05, 0.1) is 17.9 Å². The molecule has 3 N–H and O–H groups in total. The first kappa shape index (κ1) is 16.6. The van der Waals surface area contributed by atoms with E-state index in [2.05, 4.69) is 31.0 Å².